The van der Waals surface area contributed by atoms with Gasteiger partial charge in [0, 0.05) is 20.2 Å². The van der Waals surface area contributed by atoms with E-state index in [9.17, 15) is 17.6 Å². The molecule has 0 heterocycles. The third kappa shape index (κ3) is 4.73. The van der Waals surface area contributed by atoms with E-state index in [4.69, 9.17) is 10.5 Å². The number of hydrogen-bond donors (Lipinski definition) is 2. The predicted octanol–water partition coefficient (Wildman–Crippen LogP) is 0.450. The minimum Gasteiger partial charge on any atom is -0.379 e. The Morgan fingerprint density at radius 2 is 2.00 bits per heavy atom. The molecule has 0 aromatic carbocycles. The van der Waals surface area contributed by atoms with E-state index in [0.717, 1.165) is 0 Å². The lowest BCUT2D eigenvalue weighted by Gasteiger charge is -2.18. The van der Waals surface area contributed by atoms with Gasteiger partial charge in [0.05, 0.1) is 12.6 Å². The molecule has 1 atom stereocenters. The summed E-state index contributed by atoms with van der Waals surface area (Å²) in [6.45, 7) is -0.913. The zero-order valence-corrected chi connectivity index (χ0v) is 7.77. The van der Waals surface area contributed by atoms with E-state index < -0.39 is 25.0 Å². The molecule has 0 spiro atoms. The monoisotopic (exact) mass is 218 g/mol. The van der Waals surface area contributed by atoms with Gasteiger partial charge in [0.25, 0.3) is 0 Å². The second-order valence-corrected chi connectivity index (χ2v) is 2.79. The van der Waals surface area contributed by atoms with Crippen molar-refractivity contribution in [2.24, 2.45) is 5.73 Å². The van der Waals surface area contributed by atoms with Gasteiger partial charge in [0.15, 0.2) is 0 Å². The van der Waals surface area contributed by atoms with Gasteiger partial charge >= 0.3 is 12.3 Å². The van der Waals surface area contributed by atoms with E-state index in [1.54, 1.807) is 0 Å². The average molecular weight is 218 g/mol. The lowest BCUT2D eigenvalue weighted by Crippen LogP contribution is -2.43. The van der Waals surface area contributed by atoms with Crippen molar-refractivity contribution < 1.29 is 22.3 Å². The van der Waals surface area contributed by atoms with E-state index in [1.807, 2.05) is 0 Å². The molecular weight excluding hydrogens is 204 g/mol. The molecule has 0 saturated heterocycles. The molecule has 0 aliphatic heterocycles. The van der Waals surface area contributed by atoms with Crippen LogP contribution in [0.2, 0.25) is 0 Å². The summed E-state index contributed by atoms with van der Waals surface area (Å²) in [6.07, 6.45) is -4.10. The standard InChI is InChI=1S/C7H14F4N2O/c1-14-5(2-12)3-13-4-7(10,11)6(8)9/h5-6,13H,2-4,12H2,1H3. The molecule has 14 heavy (non-hydrogen) atoms. The number of ether oxygens (including phenoxy) is 1. The van der Waals surface area contributed by atoms with Gasteiger partial charge in [-0.15, -0.1) is 0 Å². The number of alkyl halides is 4. The van der Waals surface area contributed by atoms with Crippen LogP contribution in [0.1, 0.15) is 0 Å². The summed E-state index contributed by atoms with van der Waals surface area (Å²) in [5, 5.41) is 2.17. The summed E-state index contributed by atoms with van der Waals surface area (Å²) in [5.41, 5.74) is 5.19. The molecule has 0 bridgehead atoms. The molecule has 0 aliphatic carbocycles. The van der Waals surface area contributed by atoms with Gasteiger partial charge in [-0.25, -0.2) is 8.78 Å². The van der Waals surface area contributed by atoms with Crippen LogP contribution in [-0.2, 0) is 4.74 Å². The van der Waals surface area contributed by atoms with Crippen LogP contribution >= 0.6 is 0 Å². The van der Waals surface area contributed by atoms with Crippen molar-refractivity contribution >= 4 is 0 Å². The van der Waals surface area contributed by atoms with E-state index in [2.05, 4.69) is 5.32 Å². The SMILES string of the molecule is COC(CN)CNCC(F)(F)C(F)F. The molecule has 86 valence electrons. The van der Waals surface area contributed by atoms with E-state index >= 15 is 0 Å². The molecule has 7 heteroatoms. The zero-order valence-electron chi connectivity index (χ0n) is 7.77. The third-order valence-electron chi connectivity index (χ3n) is 1.65. The molecule has 0 saturated carbocycles. The Bertz CT molecular complexity index is 153. The maximum atomic E-state index is 12.3. The summed E-state index contributed by atoms with van der Waals surface area (Å²) < 4.78 is 52.7. The molecule has 1 unspecified atom stereocenters. The first-order valence-electron chi connectivity index (χ1n) is 4.03. The number of halogens is 4. The Morgan fingerprint density at radius 3 is 2.36 bits per heavy atom. The fraction of sp³-hybridized carbons (Fsp3) is 1.00. The second kappa shape index (κ2) is 6.15. The minimum absolute atomic E-state index is 0.0231. The molecule has 0 rings (SSSR count). The number of nitrogens with two attached hydrogens (primary N) is 1. The number of methoxy groups -OCH3 is 1. The number of rotatable bonds is 7. The summed E-state index contributed by atoms with van der Waals surface area (Å²) in [5.74, 6) is -4.01. The quantitative estimate of drug-likeness (QED) is 0.610. The van der Waals surface area contributed by atoms with Crippen molar-refractivity contribution in [2.45, 2.75) is 18.5 Å². The molecule has 3 N–H and O–H groups in total. The van der Waals surface area contributed by atoms with E-state index in [1.165, 1.54) is 7.11 Å². The molecule has 3 nitrogen and oxygen atoms in total. The first-order valence-corrected chi connectivity index (χ1v) is 4.03. The molecule has 0 aromatic rings. The Balaban J connectivity index is 3.72. The highest BCUT2D eigenvalue weighted by Crippen LogP contribution is 2.21. The van der Waals surface area contributed by atoms with Crippen molar-refractivity contribution in [3.05, 3.63) is 0 Å². The molecule has 0 amide bonds. The van der Waals surface area contributed by atoms with Gasteiger partial charge in [-0.2, -0.15) is 8.78 Å². The summed E-state index contributed by atoms with van der Waals surface area (Å²) in [6, 6.07) is 0. The van der Waals surface area contributed by atoms with Crippen molar-refractivity contribution in [2.75, 3.05) is 26.7 Å². The van der Waals surface area contributed by atoms with E-state index in [0.29, 0.717) is 0 Å². The minimum atomic E-state index is -4.01. The summed E-state index contributed by atoms with van der Waals surface area (Å²) >= 11 is 0. The van der Waals surface area contributed by atoms with Crippen LogP contribution in [0.15, 0.2) is 0 Å². The van der Waals surface area contributed by atoms with Gasteiger partial charge in [0.2, 0.25) is 0 Å². The van der Waals surface area contributed by atoms with Crippen molar-refractivity contribution in [3.63, 3.8) is 0 Å². The number of hydrogen-bond acceptors (Lipinski definition) is 3. The highest BCUT2D eigenvalue weighted by Gasteiger charge is 2.40. The van der Waals surface area contributed by atoms with Crippen molar-refractivity contribution in [1.29, 1.82) is 0 Å². The van der Waals surface area contributed by atoms with Gasteiger partial charge in [0.1, 0.15) is 0 Å². The van der Waals surface area contributed by atoms with Crippen LogP contribution in [0.5, 0.6) is 0 Å². The first-order chi connectivity index (χ1) is 6.44. The fourth-order valence-electron chi connectivity index (χ4n) is 0.740. The third-order valence-corrected chi connectivity index (χ3v) is 1.65. The lowest BCUT2D eigenvalue weighted by molar-refractivity contribution is -0.125. The predicted molar refractivity (Wildman–Crippen MR) is 43.7 cm³/mol. The lowest BCUT2D eigenvalue weighted by atomic mass is 10.3. The maximum absolute atomic E-state index is 12.3. The molecule has 0 aromatic heterocycles. The first kappa shape index (κ1) is 13.6. The smallest absolute Gasteiger partial charge is 0.319 e. The molecule has 0 fully saturated rings. The Kier molecular flexibility index (Phi) is 5.98. The van der Waals surface area contributed by atoms with Crippen LogP contribution in [0.4, 0.5) is 17.6 Å². The average Bonchev–Trinajstić information content (AvgIpc) is 2.12. The maximum Gasteiger partial charge on any atom is 0.319 e. The van der Waals surface area contributed by atoms with Crippen molar-refractivity contribution in [1.82, 2.24) is 5.32 Å². The number of nitrogens with one attached hydrogen (secondary N) is 1. The van der Waals surface area contributed by atoms with Gasteiger partial charge in [-0.3, -0.25) is 0 Å². The normalized spacial score (nSPS) is 14.8. The van der Waals surface area contributed by atoms with Gasteiger partial charge < -0.3 is 15.8 Å². The Hall–Kier alpha value is -0.400. The Morgan fingerprint density at radius 1 is 1.43 bits per heavy atom. The van der Waals surface area contributed by atoms with Crippen LogP contribution in [0, 0.1) is 0 Å². The van der Waals surface area contributed by atoms with Crippen LogP contribution in [0.25, 0.3) is 0 Å². The summed E-state index contributed by atoms with van der Waals surface area (Å²) in [4.78, 5) is 0. The second-order valence-electron chi connectivity index (χ2n) is 2.79. The van der Waals surface area contributed by atoms with E-state index in [-0.39, 0.29) is 13.1 Å². The van der Waals surface area contributed by atoms with Gasteiger partial charge in [-0.1, -0.05) is 0 Å². The van der Waals surface area contributed by atoms with Crippen molar-refractivity contribution in [3.8, 4) is 0 Å². The largest absolute Gasteiger partial charge is 0.379 e. The van der Waals surface area contributed by atoms with Crippen LogP contribution in [-0.4, -0.2) is 45.2 Å². The fourth-order valence-corrected chi connectivity index (χ4v) is 0.740. The highest BCUT2D eigenvalue weighted by atomic mass is 19.3. The topological polar surface area (TPSA) is 47.3 Å². The Labute approximate surface area is 79.6 Å². The van der Waals surface area contributed by atoms with Crippen LogP contribution in [0.3, 0.4) is 0 Å². The zero-order chi connectivity index (χ0) is 11.2. The molecule has 0 radical (unpaired) electrons. The summed E-state index contributed by atoms with van der Waals surface area (Å²) in [7, 11) is 1.37. The van der Waals surface area contributed by atoms with Crippen LogP contribution < -0.4 is 11.1 Å². The molecule has 0 aliphatic rings. The highest BCUT2D eigenvalue weighted by molar-refractivity contribution is 4.73. The van der Waals surface area contributed by atoms with Gasteiger partial charge in [-0.05, 0) is 0 Å². The molecular formula is C7H14F4N2O.